The molecule has 0 spiro atoms. The fourth-order valence-electron chi connectivity index (χ4n) is 3.14. The number of sulfonamides is 1. The topological polar surface area (TPSA) is 59.1 Å². The van der Waals surface area contributed by atoms with E-state index in [9.17, 15) is 8.42 Å². The lowest BCUT2D eigenvalue weighted by Crippen LogP contribution is -2.26. The van der Waals surface area contributed by atoms with E-state index in [1.807, 2.05) is 51.1 Å². The van der Waals surface area contributed by atoms with Crippen molar-refractivity contribution in [3.05, 3.63) is 58.1 Å². The first-order chi connectivity index (χ1) is 11.9. The number of nitrogens with one attached hydrogen (secondary N) is 1. The average molecular weight is 375 g/mol. The molecule has 1 aromatic heterocycles. The lowest BCUT2D eigenvalue weighted by Gasteiger charge is -2.13. The molecule has 0 atom stereocenters. The highest BCUT2D eigenvalue weighted by atomic mass is 32.2. The van der Waals surface area contributed by atoms with Crippen LogP contribution in [0.1, 0.15) is 28.1 Å². The lowest BCUT2D eigenvalue weighted by molar-refractivity contribution is 0.577. The molecule has 3 rings (SSSR count). The van der Waals surface area contributed by atoms with Gasteiger partial charge in [-0.2, -0.15) is 0 Å². The van der Waals surface area contributed by atoms with Crippen molar-refractivity contribution in [3.63, 3.8) is 0 Å². The third-order valence-electron chi connectivity index (χ3n) is 4.07. The van der Waals surface area contributed by atoms with Crippen LogP contribution in [0, 0.1) is 20.8 Å². The molecule has 25 heavy (non-hydrogen) atoms. The van der Waals surface area contributed by atoms with Gasteiger partial charge in [-0.25, -0.2) is 18.1 Å². The van der Waals surface area contributed by atoms with Gasteiger partial charge in [-0.3, -0.25) is 0 Å². The Labute approximate surface area is 153 Å². The minimum atomic E-state index is -3.48. The van der Waals surface area contributed by atoms with Gasteiger partial charge >= 0.3 is 0 Å². The Kier molecular flexibility index (Phi) is 5.22. The maximum Gasteiger partial charge on any atom is 0.241 e. The molecule has 0 bridgehead atoms. The summed E-state index contributed by atoms with van der Waals surface area (Å²) in [5.74, 6) is 0. The second-order valence-corrected chi connectivity index (χ2v) is 9.12. The fraction of sp³-hybridized carbons (Fsp3) is 0.316. The molecule has 0 unspecified atom stereocenters. The van der Waals surface area contributed by atoms with Gasteiger partial charge in [-0.05, 0) is 50.5 Å². The summed E-state index contributed by atoms with van der Waals surface area (Å²) >= 11 is 1.67. The zero-order valence-electron chi connectivity index (χ0n) is 14.7. The van der Waals surface area contributed by atoms with Gasteiger partial charge < -0.3 is 0 Å². The minimum Gasteiger partial charge on any atom is -0.241 e. The molecule has 6 heteroatoms. The molecule has 1 heterocycles. The Morgan fingerprint density at radius 1 is 1.08 bits per heavy atom. The second-order valence-electron chi connectivity index (χ2n) is 6.30. The Bertz CT molecular complexity index is 951. The van der Waals surface area contributed by atoms with Crippen LogP contribution in [-0.4, -0.2) is 19.9 Å². The van der Waals surface area contributed by atoms with Crippen molar-refractivity contribution in [2.24, 2.45) is 0 Å². The van der Waals surface area contributed by atoms with Crippen molar-refractivity contribution in [1.29, 1.82) is 0 Å². The van der Waals surface area contributed by atoms with Gasteiger partial charge in [0, 0.05) is 13.0 Å². The number of hydrogen-bond donors (Lipinski definition) is 1. The summed E-state index contributed by atoms with van der Waals surface area (Å²) in [6.45, 7) is 6.07. The van der Waals surface area contributed by atoms with Gasteiger partial charge in [0.25, 0.3) is 0 Å². The van der Waals surface area contributed by atoms with Gasteiger partial charge in [0.1, 0.15) is 0 Å². The smallest absolute Gasteiger partial charge is 0.241 e. The predicted molar refractivity (Wildman–Crippen MR) is 104 cm³/mol. The van der Waals surface area contributed by atoms with E-state index in [2.05, 4.69) is 15.8 Å². The zero-order chi connectivity index (χ0) is 18.0. The van der Waals surface area contributed by atoms with Gasteiger partial charge in [0.05, 0.1) is 20.1 Å². The van der Waals surface area contributed by atoms with Crippen LogP contribution >= 0.6 is 11.3 Å². The third-order valence-corrected chi connectivity index (χ3v) is 6.93. The maximum atomic E-state index is 12.6. The number of rotatable bonds is 6. The van der Waals surface area contributed by atoms with Gasteiger partial charge in [-0.1, -0.05) is 29.8 Å². The SMILES string of the molecule is Cc1cc(C)c(S(=O)(=O)NCCCc2nc3ccccc3s2)c(C)c1. The molecule has 0 aliphatic rings. The number of aryl methyl sites for hydroxylation is 4. The van der Waals surface area contributed by atoms with E-state index in [-0.39, 0.29) is 0 Å². The maximum absolute atomic E-state index is 12.6. The summed E-state index contributed by atoms with van der Waals surface area (Å²) in [4.78, 5) is 4.99. The monoisotopic (exact) mass is 374 g/mol. The normalized spacial score (nSPS) is 12.0. The molecule has 0 aliphatic heterocycles. The molecule has 0 fully saturated rings. The van der Waals surface area contributed by atoms with Crippen molar-refractivity contribution in [3.8, 4) is 0 Å². The van der Waals surface area contributed by atoms with Crippen molar-refractivity contribution in [2.75, 3.05) is 6.54 Å². The molecule has 0 saturated carbocycles. The molecular formula is C19H22N2O2S2. The fourth-order valence-corrected chi connectivity index (χ4v) is 5.67. The number of hydrogen-bond acceptors (Lipinski definition) is 4. The van der Waals surface area contributed by atoms with Crippen LogP contribution in [0.5, 0.6) is 0 Å². The van der Waals surface area contributed by atoms with Gasteiger partial charge in [0.15, 0.2) is 0 Å². The summed E-state index contributed by atoms with van der Waals surface area (Å²) in [5, 5.41) is 1.04. The highest BCUT2D eigenvalue weighted by Crippen LogP contribution is 2.23. The Morgan fingerprint density at radius 3 is 2.44 bits per heavy atom. The first-order valence-electron chi connectivity index (χ1n) is 8.29. The summed E-state index contributed by atoms with van der Waals surface area (Å²) in [6, 6.07) is 11.9. The molecule has 2 aromatic carbocycles. The molecule has 4 nitrogen and oxygen atoms in total. The molecule has 0 saturated heterocycles. The Balaban J connectivity index is 1.63. The highest BCUT2D eigenvalue weighted by molar-refractivity contribution is 7.89. The molecular weight excluding hydrogens is 352 g/mol. The molecule has 0 aliphatic carbocycles. The summed E-state index contributed by atoms with van der Waals surface area (Å²) in [5.41, 5.74) is 3.66. The third kappa shape index (κ3) is 4.08. The summed E-state index contributed by atoms with van der Waals surface area (Å²) in [6.07, 6.45) is 1.50. The van der Waals surface area contributed by atoms with E-state index >= 15 is 0 Å². The van der Waals surface area contributed by atoms with Gasteiger partial charge in [-0.15, -0.1) is 11.3 Å². The van der Waals surface area contributed by atoms with Crippen molar-refractivity contribution < 1.29 is 8.42 Å². The number of fused-ring (bicyclic) bond motifs is 1. The largest absolute Gasteiger partial charge is 0.241 e. The number of thiazole rings is 1. The van der Waals surface area contributed by atoms with Crippen LogP contribution in [0.25, 0.3) is 10.2 Å². The average Bonchev–Trinajstić information content (AvgIpc) is 2.93. The molecule has 3 aromatic rings. The molecule has 0 amide bonds. The van der Waals surface area contributed by atoms with Gasteiger partial charge in [0.2, 0.25) is 10.0 Å². The van der Waals surface area contributed by atoms with Crippen molar-refractivity contribution in [1.82, 2.24) is 9.71 Å². The second kappa shape index (κ2) is 7.23. The first kappa shape index (κ1) is 18.0. The minimum absolute atomic E-state index is 0.401. The molecule has 1 N–H and O–H groups in total. The van der Waals surface area contributed by atoms with Crippen LogP contribution in [0.15, 0.2) is 41.3 Å². The van der Waals surface area contributed by atoms with Crippen molar-refractivity contribution in [2.45, 2.75) is 38.5 Å². The highest BCUT2D eigenvalue weighted by Gasteiger charge is 2.19. The zero-order valence-corrected chi connectivity index (χ0v) is 16.3. The lowest BCUT2D eigenvalue weighted by atomic mass is 10.1. The van der Waals surface area contributed by atoms with E-state index in [1.165, 1.54) is 4.70 Å². The number of benzene rings is 2. The molecule has 0 radical (unpaired) electrons. The number of aromatic nitrogens is 1. The van der Waals surface area contributed by atoms with E-state index < -0.39 is 10.0 Å². The Hall–Kier alpha value is -1.76. The standard InChI is InChI=1S/C19H22N2O2S2/c1-13-11-14(2)19(15(3)12-13)25(22,23)20-10-6-9-18-21-16-7-4-5-8-17(16)24-18/h4-5,7-8,11-12,20H,6,9-10H2,1-3H3. The first-order valence-corrected chi connectivity index (χ1v) is 10.6. The quantitative estimate of drug-likeness (QED) is 0.660. The van der Waals surface area contributed by atoms with Crippen LogP contribution in [0.2, 0.25) is 0 Å². The number of nitrogens with zero attached hydrogens (tertiary/aromatic N) is 1. The Morgan fingerprint density at radius 2 is 1.76 bits per heavy atom. The van der Waals surface area contributed by atoms with Crippen LogP contribution in [-0.2, 0) is 16.4 Å². The predicted octanol–water partition coefficient (Wildman–Crippen LogP) is 4.13. The van der Waals surface area contributed by atoms with E-state index in [0.717, 1.165) is 40.1 Å². The summed E-state index contributed by atoms with van der Waals surface area (Å²) < 4.78 is 29.1. The van der Waals surface area contributed by atoms with Crippen LogP contribution in [0.4, 0.5) is 0 Å². The van der Waals surface area contributed by atoms with E-state index in [0.29, 0.717) is 11.4 Å². The summed E-state index contributed by atoms with van der Waals surface area (Å²) in [7, 11) is -3.48. The van der Waals surface area contributed by atoms with E-state index in [1.54, 1.807) is 11.3 Å². The van der Waals surface area contributed by atoms with Crippen LogP contribution in [0.3, 0.4) is 0 Å². The molecule has 132 valence electrons. The van der Waals surface area contributed by atoms with E-state index in [4.69, 9.17) is 0 Å². The van der Waals surface area contributed by atoms with Crippen molar-refractivity contribution >= 4 is 31.6 Å². The number of para-hydroxylation sites is 1. The van der Waals surface area contributed by atoms with Crippen LogP contribution < -0.4 is 4.72 Å².